The molecule has 94 valence electrons. The van der Waals surface area contributed by atoms with Gasteiger partial charge in [-0.2, -0.15) is 4.37 Å². The normalized spacial score (nSPS) is 12.3. The van der Waals surface area contributed by atoms with Gasteiger partial charge in [0.1, 0.15) is 16.7 Å². The van der Waals surface area contributed by atoms with E-state index in [1.165, 1.54) is 0 Å². The summed E-state index contributed by atoms with van der Waals surface area (Å²) in [7, 11) is 0. The van der Waals surface area contributed by atoms with E-state index in [2.05, 4.69) is 9.36 Å². The van der Waals surface area contributed by atoms with Crippen LogP contribution in [0.3, 0.4) is 0 Å². The molecular formula is C12H11ClN2O2S. The lowest BCUT2D eigenvalue weighted by Gasteiger charge is -2.09. The number of aliphatic carboxylic acids is 1. The average molecular weight is 283 g/mol. The minimum Gasteiger partial charge on any atom is -0.481 e. The standard InChI is InChI=1S/C12H11ClN2O2S/c1-7-14-11(18-15-7)10(12(16)17)6-8-3-2-4-9(13)5-8/h2-5,10H,6H2,1H3,(H,16,17). The van der Waals surface area contributed by atoms with Crippen LogP contribution in [0.15, 0.2) is 24.3 Å². The van der Waals surface area contributed by atoms with Gasteiger partial charge in [0.05, 0.1) is 0 Å². The Bertz CT molecular complexity index is 571. The molecule has 0 fully saturated rings. The lowest BCUT2D eigenvalue weighted by molar-refractivity contribution is -0.138. The number of aromatic nitrogens is 2. The number of aryl methyl sites for hydroxylation is 1. The average Bonchev–Trinajstić information content (AvgIpc) is 2.72. The van der Waals surface area contributed by atoms with Crippen LogP contribution >= 0.6 is 23.1 Å². The number of hydrogen-bond acceptors (Lipinski definition) is 4. The molecule has 2 aromatic rings. The van der Waals surface area contributed by atoms with Crippen LogP contribution in [-0.2, 0) is 11.2 Å². The van der Waals surface area contributed by atoms with Crippen molar-refractivity contribution in [1.82, 2.24) is 9.36 Å². The summed E-state index contributed by atoms with van der Waals surface area (Å²) in [5.41, 5.74) is 0.878. The first kappa shape index (κ1) is 13.0. The molecule has 2 rings (SSSR count). The molecule has 1 atom stereocenters. The molecular weight excluding hydrogens is 272 g/mol. The number of carbonyl (C=O) groups is 1. The van der Waals surface area contributed by atoms with Gasteiger partial charge >= 0.3 is 5.97 Å². The maximum atomic E-state index is 11.3. The van der Waals surface area contributed by atoms with Crippen molar-refractivity contribution < 1.29 is 9.90 Å². The first-order valence-electron chi connectivity index (χ1n) is 5.33. The van der Waals surface area contributed by atoms with Crippen molar-refractivity contribution in [3.63, 3.8) is 0 Å². The van der Waals surface area contributed by atoms with Gasteiger partial charge in [-0.1, -0.05) is 23.7 Å². The second-order valence-corrected chi connectivity index (χ2v) is 5.12. The van der Waals surface area contributed by atoms with Crippen LogP contribution in [0.4, 0.5) is 0 Å². The van der Waals surface area contributed by atoms with Crippen molar-refractivity contribution >= 4 is 29.1 Å². The Balaban J connectivity index is 2.24. The first-order chi connectivity index (χ1) is 8.56. The molecule has 0 spiro atoms. The molecule has 0 radical (unpaired) electrons. The molecule has 0 bridgehead atoms. The highest BCUT2D eigenvalue weighted by atomic mass is 35.5. The molecule has 0 amide bonds. The molecule has 0 aliphatic rings. The lowest BCUT2D eigenvalue weighted by atomic mass is 10.0. The smallest absolute Gasteiger partial charge is 0.313 e. The van der Waals surface area contributed by atoms with Crippen LogP contribution in [0.25, 0.3) is 0 Å². The highest BCUT2D eigenvalue weighted by Crippen LogP contribution is 2.24. The van der Waals surface area contributed by atoms with Crippen LogP contribution in [0.2, 0.25) is 5.02 Å². The Morgan fingerprint density at radius 1 is 1.56 bits per heavy atom. The lowest BCUT2D eigenvalue weighted by Crippen LogP contribution is -2.14. The second-order valence-electron chi connectivity index (χ2n) is 3.90. The number of rotatable bonds is 4. The van der Waals surface area contributed by atoms with Crippen molar-refractivity contribution in [3.8, 4) is 0 Å². The number of benzene rings is 1. The Hall–Kier alpha value is -1.46. The summed E-state index contributed by atoms with van der Waals surface area (Å²) in [4.78, 5) is 15.4. The number of nitrogens with zero attached hydrogens (tertiary/aromatic N) is 2. The van der Waals surface area contributed by atoms with E-state index < -0.39 is 11.9 Å². The van der Waals surface area contributed by atoms with Gasteiger partial charge < -0.3 is 5.11 Å². The molecule has 1 heterocycles. The highest BCUT2D eigenvalue weighted by molar-refractivity contribution is 7.05. The van der Waals surface area contributed by atoms with Crippen LogP contribution < -0.4 is 0 Å². The van der Waals surface area contributed by atoms with E-state index in [9.17, 15) is 9.90 Å². The summed E-state index contributed by atoms with van der Waals surface area (Å²) in [5, 5.41) is 10.4. The van der Waals surface area contributed by atoms with E-state index in [4.69, 9.17) is 11.6 Å². The summed E-state index contributed by atoms with van der Waals surface area (Å²) in [6.45, 7) is 1.75. The van der Waals surface area contributed by atoms with Gasteiger partial charge in [0.15, 0.2) is 0 Å². The summed E-state index contributed by atoms with van der Waals surface area (Å²) >= 11 is 7.02. The molecule has 6 heteroatoms. The van der Waals surface area contributed by atoms with Gasteiger partial charge in [0, 0.05) is 5.02 Å². The third-order valence-corrected chi connectivity index (χ3v) is 3.62. The number of halogens is 1. The van der Waals surface area contributed by atoms with Crippen molar-refractivity contribution in [1.29, 1.82) is 0 Å². The monoisotopic (exact) mass is 282 g/mol. The number of hydrogen-bond donors (Lipinski definition) is 1. The number of carboxylic acids is 1. The van der Waals surface area contributed by atoms with Crippen molar-refractivity contribution in [3.05, 3.63) is 45.7 Å². The van der Waals surface area contributed by atoms with Crippen LogP contribution in [0.1, 0.15) is 22.3 Å². The van der Waals surface area contributed by atoms with Crippen molar-refractivity contribution in [2.24, 2.45) is 0 Å². The minimum absolute atomic E-state index is 0.366. The Kier molecular flexibility index (Phi) is 3.93. The third kappa shape index (κ3) is 3.05. The van der Waals surface area contributed by atoms with E-state index in [0.29, 0.717) is 22.3 Å². The molecule has 1 aromatic heterocycles. The Morgan fingerprint density at radius 2 is 2.33 bits per heavy atom. The Morgan fingerprint density at radius 3 is 2.89 bits per heavy atom. The molecule has 4 nitrogen and oxygen atoms in total. The third-order valence-electron chi connectivity index (χ3n) is 2.47. The van der Waals surface area contributed by atoms with Gasteiger partial charge in [-0.05, 0) is 42.6 Å². The summed E-state index contributed by atoms with van der Waals surface area (Å²) in [6, 6.07) is 7.19. The van der Waals surface area contributed by atoms with Crippen LogP contribution in [-0.4, -0.2) is 20.4 Å². The molecule has 1 N–H and O–H groups in total. The van der Waals surface area contributed by atoms with E-state index in [1.54, 1.807) is 19.1 Å². The maximum absolute atomic E-state index is 11.3. The molecule has 0 saturated carbocycles. The summed E-state index contributed by atoms with van der Waals surface area (Å²) in [5.74, 6) is -0.965. The van der Waals surface area contributed by atoms with Gasteiger partial charge in [-0.15, -0.1) is 0 Å². The molecule has 0 saturated heterocycles. The molecule has 1 aromatic carbocycles. The summed E-state index contributed by atoms with van der Waals surface area (Å²) < 4.78 is 4.02. The van der Waals surface area contributed by atoms with Gasteiger partial charge in [0.2, 0.25) is 0 Å². The fourth-order valence-corrected chi connectivity index (χ4v) is 2.60. The first-order valence-corrected chi connectivity index (χ1v) is 6.49. The van der Waals surface area contributed by atoms with E-state index in [1.807, 2.05) is 12.1 Å². The molecule has 1 unspecified atom stereocenters. The van der Waals surface area contributed by atoms with Crippen molar-refractivity contribution in [2.45, 2.75) is 19.3 Å². The quantitative estimate of drug-likeness (QED) is 0.936. The van der Waals surface area contributed by atoms with E-state index >= 15 is 0 Å². The zero-order chi connectivity index (χ0) is 13.1. The number of carboxylic acid groups (broad SMARTS) is 1. The second kappa shape index (κ2) is 5.46. The summed E-state index contributed by atoms with van der Waals surface area (Å²) in [6.07, 6.45) is 0.366. The fourth-order valence-electron chi connectivity index (χ4n) is 1.63. The molecule has 18 heavy (non-hydrogen) atoms. The zero-order valence-corrected chi connectivity index (χ0v) is 11.2. The topological polar surface area (TPSA) is 63.1 Å². The molecule has 0 aliphatic heterocycles. The van der Waals surface area contributed by atoms with E-state index in [0.717, 1.165) is 17.1 Å². The van der Waals surface area contributed by atoms with Crippen LogP contribution in [0.5, 0.6) is 0 Å². The Labute approximate surface area is 113 Å². The predicted molar refractivity (Wildman–Crippen MR) is 70.2 cm³/mol. The highest BCUT2D eigenvalue weighted by Gasteiger charge is 2.24. The van der Waals surface area contributed by atoms with E-state index in [-0.39, 0.29) is 0 Å². The minimum atomic E-state index is -0.897. The molecule has 0 aliphatic carbocycles. The fraction of sp³-hybridized carbons (Fsp3) is 0.250. The SMILES string of the molecule is Cc1nsc(C(Cc2cccc(Cl)c2)C(=O)O)n1. The van der Waals surface area contributed by atoms with Crippen molar-refractivity contribution in [2.75, 3.05) is 0 Å². The maximum Gasteiger partial charge on any atom is 0.313 e. The predicted octanol–water partition coefficient (Wildman–Crippen LogP) is 2.91. The zero-order valence-electron chi connectivity index (χ0n) is 9.63. The van der Waals surface area contributed by atoms with Gasteiger partial charge in [-0.25, -0.2) is 4.98 Å². The van der Waals surface area contributed by atoms with Crippen LogP contribution in [0, 0.1) is 6.92 Å². The van der Waals surface area contributed by atoms with Gasteiger partial charge in [0.25, 0.3) is 0 Å². The largest absolute Gasteiger partial charge is 0.481 e. The van der Waals surface area contributed by atoms with Gasteiger partial charge in [-0.3, -0.25) is 4.79 Å².